The van der Waals surface area contributed by atoms with Gasteiger partial charge in [-0.2, -0.15) is 0 Å². The van der Waals surface area contributed by atoms with E-state index in [4.69, 9.17) is 4.74 Å². The number of methoxy groups -OCH3 is 1. The van der Waals surface area contributed by atoms with Crippen LogP contribution in [0.25, 0.3) is 0 Å². The van der Waals surface area contributed by atoms with E-state index < -0.39 is 5.97 Å². The highest BCUT2D eigenvalue weighted by Gasteiger charge is 2.20. The molecule has 1 amide bonds. The summed E-state index contributed by atoms with van der Waals surface area (Å²) >= 11 is 0. The molecule has 6 nitrogen and oxygen atoms in total. The Hall–Kier alpha value is -1.79. The van der Waals surface area contributed by atoms with Crippen LogP contribution in [-0.2, 0) is 14.3 Å². The molecule has 2 N–H and O–H groups in total. The van der Waals surface area contributed by atoms with Crippen molar-refractivity contribution in [1.29, 1.82) is 0 Å². The predicted molar refractivity (Wildman–Crippen MR) is 85.4 cm³/mol. The third-order valence-electron chi connectivity index (χ3n) is 3.40. The first-order chi connectivity index (χ1) is 10.2. The molecule has 7 heteroatoms. The molecule has 0 unspecified atom stereocenters. The largest absolute Gasteiger partial charge is 0.482 e. The second-order valence-corrected chi connectivity index (χ2v) is 4.91. The molecule has 1 aromatic carbocycles. The maximum atomic E-state index is 12.1. The van der Waals surface area contributed by atoms with Crippen molar-refractivity contribution in [1.82, 2.24) is 5.32 Å². The lowest BCUT2D eigenvalue weighted by Gasteiger charge is -2.21. The average Bonchev–Trinajstić information content (AvgIpc) is 2.53. The van der Waals surface area contributed by atoms with Gasteiger partial charge < -0.3 is 20.1 Å². The maximum absolute atomic E-state index is 12.1. The molecule has 1 aromatic rings. The van der Waals surface area contributed by atoms with E-state index >= 15 is 0 Å². The van der Waals surface area contributed by atoms with Gasteiger partial charge in [0.25, 0.3) is 0 Å². The second kappa shape index (κ2) is 9.27. The van der Waals surface area contributed by atoms with E-state index in [1.165, 1.54) is 7.11 Å². The van der Waals surface area contributed by atoms with Gasteiger partial charge in [0.1, 0.15) is 5.75 Å². The summed E-state index contributed by atoms with van der Waals surface area (Å²) in [6.45, 7) is 1.60. The van der Waals surface area contributed by atoms with E-state index in [2.05, 4.69) is 15.4 Å². The normalized spacial score (nSPS) is 14.6. The number of anilines is 1. The molecule has 1 aliphatic heterocycles. The predicted octanol–water partition coefficient (Wildman–Crippen LogP) is 1.60. The number of ether oxygens (including phenoxy) is 2. The molecular formula is C15H21ClN2O4. The highest BCUT2D eigenvalue weighted by molar-refractivity contribution is 5.92. The fraction of sp³-hybridized carbons (Fsp3) is 0.467. The van der Waals surface area contributed by atoms with E-state index in [0.717, 1.165) is 25.9 Å². The van der Waals surface area contributed by atoms with Crippen LogP contribution in [0.15, 0.2) is 24.3 Å². The first-order valence-corrected chi connectivity index (χ1v) is 7.00. The van der Waals surface area contributed by atoms with Crippen LogP contribution in [0.5, 0.6) is 5.75 Å². The van der Waals surface area contributed by atoms with Crippen LogP contribution in [0.3, 0.4) is 0 Å². The van der Waals surface area contributed by atoms with Crippen molar-refractivity contribution in [3.63, 3.8) is 0 Å². The van der Waals surface area contributed by atoms with E-state index in [9.17, 15) is 9.59 Å². The molecular weight excluding hydrogens is 308 g/mol. The fourth-order valence-electron chi connectivity index (χ4n) is 2.19. The van der Waals surface area contributed by atoms with Gasteiger partial charge in [0.15, 0.2) is 6.61 Å². The van der Waals surface area contributed by atoms with Gasteiger partial charge in [0.05, 0.1) is 7.11 Å². The van der Waals surface area contributed by atoms with Gasteiger partial charge in [-0.1, -0.05) is 6.07 Å². The Morgan fingerprint density at radius 3 is 2.73 bits per heavy atom. The SMILES string of the molecule is COC(=O)COc1cccc(NC(=O)C2CCNCC2)c1.Cl. The first kappa shape index (κ1) is 18.3. The lowest BCUT2D eigenvalue weighted by molar-refractivity contribution is -0.142. The third kappa shape index (κ3) is 5.54. The zero-order valence-electron chi connectivity index (χ0n) is 12.5. The van der Waals surface area contributed by atoms with Crippen LogP contribution in [0.4, 0.5) is 5.69 Å². The molecule has 0 aliphatic carbocycles. The minimum Gasteiger partial charge on any atom is -0.482 e. The van der Waals surface area contributed by atoms with E-state index in [-0.39, 0.29) is 30.8 Å². The standard InChI is InChI=1S/C15H20N2O4.ClH/c1-20-14(18)10-21-13-4-2-3-12(9-13)17-15(19)11-5-7-16-8-6-11;/h2-4,9,11,16H,5-8,10H2,1H3,(H,17,19);1H. The lowest BCUT2D eigenvalue weighted by Crippen LogP contribution is -2.34. The van der Waals surface area contributed by atoms with Crippen LogP contribution in [-0.4, -0.2) is 38.7 Å². The number of amides is 1. The Bertz CT molecular complexity index is 504. The molecule has 22 heavy (non-hydrogen) atoms. The zero-order chi connectivity index (χ0) is 15.1. The number of hydrogen-bond acceptors (Lipinski definition) is 5. The smallest absolute Gasteiger partial charge is 0.343 e. The summed E-state index contributed by atoms with van der Waals surface area (Å²) in [5.74, 6) is 0.148. The van der Waals surface area contributed by atoms with Gasteiger partial charge >= 0.3 is 5.97 Å². The summed E-state index contributed by atoms with van der Waals surface area (Å²) < 4.78 is 9.80. The Morgan fingerprint density at radius 2 is 2.05 bits per heavy atom. The fourth-order valence-corrected chi connectivity index (χ4v) is 2.19. The minimum absolute atomic E-state index is 0. The maximum Gasteiger partial charge on any atom is 0.343 e. The number of benzene rings is 1. The number of piperidine rings is 1. The van der Waals surface area contributed by atoms with E-state index in [1.54, 1.807) is 24.3 Å². The number of carbonyl (C=O) groups is 2. The van der Waals surface area contributed by atoms with Gasteiger partial charge in [-0.3, -0.25) is 4.79 Å². The van der Waals surface area contributed by atoms with Gasteiger partial charge in [-0.25, -0.2) is 4.79 Å². The summed E-state index contributed by atoms with van der Waals surface area (Å²) in [7, 11) is 1.31. The number of esters is 1. The Morgan fingerprint density at radius 1 is 1.32 bits per heavy atom. The van der Waals surface area contributed by atoms with Crippen molar-refractivity contribution in [2.75, 3.05) is 32.1 Å². The number of nitrogens with one attached hydrogen (secondary N) is 2. The van der Waals surface area contributed by atoms with Crippen LogP contribution >= 0.6 is 12.4 Å². The number of hydrogen-bond donors (Lipinski definition) is 2. The Labute approximate surface area is 136 Å². The molecule has 1 aliphatic rings. The van der Waals surface area contributed by atoms with Crippen molar-refractivity contribution in [3.05, 3.63) is 24.3 Å². The quantitative estimate of drug-likeness (QED) is 0.803. The molecule has 122 valence electrons. The highest BCUT2D eigenvalue weighted by atomic mass is 35.5. The average molecular weight is 329 g/mol. The number of carbonyl (C=O) groups excluding carboxylic acids is 2. The van der Waals surface area contributed by atoms with Crippen molar-refractivity contribution in [3.8, 4) is 5.75 Å². The molecule has 1 saturated heterocycles. The van der Waals surface area contributed by atoms with Crippen LogP contribution in [0.2, 0.25) is 0 Å². The summed E-state index contributed by atoms with van der Waals surface area (Å²) in [4.78, 5) is 23.2. The summed E-state index contributed by atoms with van der Waals surface area (Å²) in [6, 6.07) is 6.99. The third-order valence-corrected chi connectivity index (χ3v) is 3.40. The molecule has 0 bridgehead atoms. The molecule has 1 fully saturated rings. The topological polar surface area (TPSA) is 76.7 Å². The minimum atomic E-state index is -0.445. The Balaban J connectivity index is 0.00000242. The van der Waals surface area contributed by atoms with Crippen molar-refractivity contribution in [2.45, 2.75) is 12.8 Å². The summed E-state index contributed by atoms with van der Waals surface area (Å²) in [5.41, 5.74) is 0.667. The van der Waals surface area contributed by atoms with Crippen LogP contribution in [0, 0.1) is 5.92 Å². The summed E-state index contributed by atoms with van der Waals surface area (Å²) in [6.07, 6.45) is 1.70. The van der Waals surface area contributed by atoms with Gasteiger partial charge in [0, 0.05) is 17.7 Å². The molecule has 0 atom stereocenters. The van der Waals surface area contributed by atoms with Crippen molar-refractivity contribution < 1.29 is 19.1 Å². The van der Waals surface area contributed by atoms with Gasteiger partial charge in [0.2, 0.25) is 5.91 Å². The van der Waals surface area contributed by atoms with E-state index in [0.29, 0.717) is 11.4 Å². The number of rotatable bonds is 5. The van der Waals surface area contributed by atoms with E-state index in [1.807, 2.05) is 0 Å². The molecule has 0 saturated carbocycles. The first-order valence-electron chi connectivity index (χ1n) is 7.00. The van der Waals surface area contributed by atoms with Crippen molar-refractivity contribution >= 4 is 30.0 Å². The number of halogens is 1. The van der Waals surface area contributed by atoms with Crippen LogP contribution < -0.4 is 15.4 Å². The Kier molecular flexibility index (Phi) is 7.70. The molecule has 0 aromatic heterocycles. The zero-order valence-corrected chi connectivity index (χ0v) is 13.3. The molecule has 1 heterocycles. The van der Waals surface area contributed by atoms with Gasteiger partial charge in [-0.05, 0) is 38.1 Å². The lowest BCUT2D eigenvalue weighted by atomic mass is 9.97. The highest BCUT2D eigenvalue weighted by Crippen LogP contribution is 2.20. The molecule has 0 spiro atoms. The monoisotopic (exact) mass is 328 g/mol. The molecule has 2 rings (SSSR count). The second-order valence-electron chi connectivity index (χ2n) is 4.91. The van der Waals surface area contributed by atoms with Crippen LogP contribution in [0.1, 0.15) is 12.8 Å². The summed E-state index contributed by atoms with van der Waals surface area (Å²) in [5, 5.41) is 6.12. The molecule has 0 radical (unpaired) electrons. The van der Waals surface area contributed by atoms with Gasteiger partial charge in [-0.15, -0.1) is 12.4 Å². The van der Waals surface area contributed by atoms with Crippen molar-refractivity contribution in [2.24, 2.45) is 5.92 Å².